The summed E-state index contributed by atoms with van der Waals surface area (Å²) in [5.74, 6) is -0.925. The number of hydrogen-bond acceptors (Lipinski definition) is 12. The number of carbonyl (C=O) groups excluding carboxylic acids is 2. The van der Waals surface area contributed by atoms with Gasteiger partial charge in [-0.1, -0.05) is 45.1 Å². The molecule has 1 fully saturated rings. The minimum Gasteiger partial charge on any atom is -0.457 e. The first-order chi connectivity index (χ1) is 25.9. The molecule has 12 heteroatoms. The molecule has 13 atom stereocenters. The third-order valence-electron chi connectivity index (χ3n) is 10.4. The minimum absolute atomic E-state index is 0.000596. The summed E-state index contributed by atoms with van der Waals surface area (Å²) in [7, 11) is 1.60. The van der Waals surface area contributed by atoms with Crippen LogP contribution in [0.15, 0.2) is 36.0 Å². The van der Waals surface area contributed by atoms with E-state index in [2.05, 4.69) is 13.8 Å². The molecule has 0 aromatic rings. The van der Waals surface area contributed by atoms with Gasteiger partial charge in [-0.2, -0.15) is 0 Å². The van der Waals surface area contributed by atoms with Crippen LogP contribution in [0.2, 0.25) is 0 Å². The Morgan fingerprint density at radius 2 is 1.64 bits per heavy atom. The van der Waals surface area contributed by atoms with Crippen molar-refractivity contribution >= 4 is 11.9 Å². The molecule has 1 saturated heterocycles. The van der Waals surface area contributed by atoms with E-state index in [0.717, 1.165) is 12.0 Å². The van der Waals surface area contributed by atoms with Crippen LogP contribution in [0.25, 0.3) is 0 Å². The molecule has 0 N–H and O–H groups in total. The largest absolute Gasteiger partial charge is 0.457 e. The van der Waals surface area contributed by atoms with E-state index >= 15 is 0 Å². The highest BCUT2D eigenvalue weighted by Crippen LogP contribution is 2.40. The first-order valence-electron chi connectivity index (χ1n) is 20.4. The molecule has 2 aliphatic rings. The Bertz CT molecular complexity index is 1240. The smallest absolute Gasteiger partial charge is 0.309 e. The molecule has 0 aliphatic carbocycles. The number of carbonyl (C=O) groups is 2. The lowest BCUT2D eigenvalue weighted by atomic mass is 9.88. The van der Waals surface area contributed by atoms with Crippen LogP contribution in [-0.4, -0.2) is 106 Å². The Kier molecular flexibility index (Phi) is 21.3. The highest BCUT2D eigenvalue weighted by molar-refractivity contribution is 5.70. The maximum absolute atomic E-state index is 13.6. The number of epoxide rings is 1. The second-order valence-corrected chi connectivity index (χ2v) is 15.3. The van der Waals surface area contributed by atoms with E-state index in [-0.39, 0.29) is 48.8 Å². The summed E-state index contributed by atoms with van der Waals surface area (Å²) in [5, 5.41) is 0. The molecule has 13 unspecified atom stereocenters. The van der Waals surface area contributed by atoms with Crippen LogP contribution in [-0.2, 0) is 57.0 Å². The van der Waals surface area contributed by atoms with E-state index in [9.17, 15) is 9.59 Å². The summed E-state index contributed by atoms with van der Waals surface area (Å²) in [4.78, 5) is 25.8. The molecule has 318 valence electrons. The van der Waals surface area contributed by atoms with Crippen LogP contribution in [0.3, 0.4) is 0 Å². The van der Waals surface area contributed by atoms with Crippen LogP contribution in [0.4, 0.5) is 0 Å². The number of hydrogen-bond donors (Lipinski definition) is 0. The number of cyclic esters (lactones) is 1. The fourth-order valence-corrected chi connectivity index (χ4v) is 7.29. The SMILES string of the molecule is CCOC(C)OC1CCC(C)(OC)C(OC(C)=O)C=CC(C)C(C(C)=CC=CC(C)(CC2OC2C(C)C(CC)OC(C)OCC)OC(C)OCC)OC(=O)C1. The van der Waals surface area contributed by atoms with E-state index in [0.29, 0.717) is 39.1 Å². The molecule has 55 heavy (non-hydrogen) atoms. The van der Waals surface area contributed by atoms with Gasteiger partial charge in [-0.15, -0.1) is 0 Å². The number of ether oxygens (including phenoxy) is 10. The Morgan fingerprint density at radius 3 is 2.24 bits per heavy atom. The minimum atomic E-state index is -0.873. The molecule has 0 aromatic heterocycles. The molecule has 0 spiro atoms. The van der Waals surface area contributed by atoms with Gasteiger partial charge in [-0.05, 0) is 93.2 Å². The van der Waals surface area contributed by atoms with Crippen molar-refractivity contribution in [3.05, 3.63) is 36.0 Å². The normalized spacial score (nSPS) is 30.7. The van der Waals surface area contributed by atoms with Gasteiger partial charge in [0, 0.05) is 52.1 Å². The molecule has 2 rings (SSSR count). The third-order valence-corrected chi connectivity index (χ3v) is 10.4. The van der Waals surface area contributed by atoms with Crippen LogP contribution in [0.5, 0.6) is 0 Å². The van der Waals surface area contributed by atoms with Crippen LogP contribution < -0.4 is 0 Å². The zero-order chi connectivity index (χ0) is 41.3. The summed E-state index contributed by atoms with van der Waals surface area (Å²) in [6, 6.07) is 0. The number of methoxy groups -OCH3 is 1. The predicted molar refractivity (Wildman–Crippen MR) is 211 cm³/mol. The zero-order valence-electron chi connectivity index (χ0n) is 36.3. The van der Waals surface area contributed by atoms with Gasteiger partial charge in [-0.3, -0.25) is 9.59 Å². The maximum atomic E-state index is 13.6. The van der Waals surface area contributed by atoms with Crippen LogP contribution in [0.1, 0.15) is 122 Å². The van der Waals surface area contributed by atoms with E-state index in [1.807, 2.05) is 92.7 Å². The van der Waals surface area contributed by atoms with Crippen molar-refractivity contribution in [3.8, 4) is 0 Å². The Balaban J connectivity index is 2.40. The van der Waals surface area contributed by atoms with E-state index in [1.165, 1.54) is 6.92 Å². The Morgan fingerprint density at radius 1 is 1.00 bits per heavy atom. The van der Waals surface area contributed by atoms with E-state index in [1.54, 1.807) is 14.0 Å². The van der Waals surface area contributed by atoms with Gasteiger partial charge in [0.15, 0.2) is 18.9 Å². The fourth-order valence-electron chi connectivity index (χ4n) is 7.29. The molecule has 0 radical (unpaired) electrons. The lowest BCUT2D eigenvalue weighted by molar-refractivity contribution is -0.181. The fraction of sp³-hybridized carbons (Fsp3) is 0.814. The number of rotatable bonds is 22. The second-order valence-electron chi connectivity index (χ2n) is 15.3. The van der Waals surface area contributed by atoms with Crippen molar-refractivity contribution in [2.24, 2.45) is 11.8 Å². The molecule has 0 bridgehead atoms. The second kappa shape index (κ2) is 23.9. The summed E-state index contributed by atoms with van der Waals surface area (Å²) < 4.78 is 60.1. The molecular weight excluding hydrogens is 708 g/mol. The summed E-state index contributed by atoms with van der Waals surface area (Å²) >= 11 is 0. The van der Waals surface area contributed by atoms with Crippen molar-refractivity contribution < 1.29 is 57.0 Å². The summed E-state index contributed by atoms with van der Waals surface area (Å²) in [6.45, 7) is 26.5. The first kappa shape index (κ1) is 49.0. The van der Waals surface area contributed by atoms with Crippen molar-refractivity contribution in [1.29, 1.82) is 0 Å². The quantitative estimate of drug-likeness (QED) is 0.0347. The average Bonchev–Trinajstić information content (AvgIpc) is 3.87. The van der Waals surface area contributed by atoms with Gasteiger partial charge in [0.25, 0.3) is 0 Å². The van der Waals surface area contributed by atoms with E-state index in [4.69, 9.17) is 47.4 Å². The van der Waals surface area contributed by atoms with Crippen molar-refractivity contribution in [1.82, 2.24) is 0 Å². The molecule has 0 amide bonds. The average molecular weight is 783 g/mol. The summed E-state index contributed by atoms with van der Waals surface area (Å²) in [6.07, 6.45) is 8.94. The number of allylic oxidation sites excluding steroid dienone is 2. The van der Waals surface area contributed by atoms with E-state index < -0.39 is 48.1 Å². The lowest BCUT2D eigenvalue weighted by Gasteiger charge is -2.36. The third kappa shape index (κ3) is 16.7. The predicted octanol–water partition coefficient (Wildman–Crippen LogP) is 8.01. The van der Waals surface area contributed by atoms with Gasteiger partial charge in [-0.25, -0.2) is 0 Å². The number of esters is 2. The molecular formula is C43H74O12. The Hall–Kier alpha value is -2.16. The van der Waals surface area contributed by atoms with Gasteiger partial charge in [0.1, 0.15) is 17.8 Å². The van der Waals surface area contributed by atoms with Crippen molar-refractivity contribution in [2.45, 2.75) is 189 Å². The van der Waals surface area contributed by atoms with Gasteiger partial charge < -0.3 is 47.4 Å². The first-order valence-corrected chi connectivity index (χ1v) is 20.4. The van der Waals surface area contributed by atoms with Gasteiger partial charge >= 0.3 is 11.9 Å². The Labute approximate surface area is 331 Å². The monoisotopic (exact) mass is 783 g/mol. The molecule has 2 heterocycles. The molecule has 0 aromatic carbocycles. The van der Waals surface area contributed by atoms with Crippen LogP contribution >= 0.6 is 0 Å². The molecule has 0 saturated carbocycles. The molecule has 2 aliphatic heterocycles. The summed E-state index contributed by atoms with van der Waals surface area (Å²) in [5.41, 5.74) is -0.787. The van der Waals surface area contributed by atoms with Gasteiger partial charge in [0.05, 0.1) is 36.4 Å². The molecule has 12 nitrogen and oxygen atoms in total. The van der Waals surface area contributed by atoms with Crippen molar-refractivity contribution in [3.63, 3.8) is 0 Å². The standard InChI is InChI=1S/C43H74O12/c1-15-36(52-33(10)48-17-3)30(7)41-37(53-41)27-42(12,55-34(11)49-18-4)24-19-20-28(5)40-29(6)21-22-38(50-31(8)44)43(13,46-14)25-23-35(26-39(45)54-40)51-32(9)47-16-2/h19-22,24,29-30,32-38,40-41H,15-18,23,25-27H2,1-14H3. The topological polar surface area (TPSA) is 130 Å². The highest BCUT2D eigenvalue weighted by atomic mass is 16.7. The highest BCUT2D eigenvalue weighted by Gasteiger charge is 2.49. The van der Waals surface area contributed by atoms with Crippen molar-refractivity contribution in [2.75, 3.05) is 26.9 Å². The maximum Gasteiger partial charge on any atom is 0.309 e. The zero-order valence-corrected chi connectivity index (χ0v) is 36.3. The van der Waals surface area contributed by atoms with Gasteiger partial charge in [0.2, 0.25) is 0 Å². The lowest BCUT2D eigenvalue weighted by Crippen LogP contribution is -2.44. The van der Waals surface area contributed by atoms with Crippen LogP contribution in [0, 0.1) is 11.8 Å².